The first kappa shape index (κ1) is 15.7. The molecule has 4 heteroatoms. The number of benzene rings is 2. The summed E-state index contributed by atoms with van der Waals surface area (Å²) < 4.78 is 13.6. The highest BCUT2D eigenvalue weighted by Gasteiger charge is 2.18. The molecule has 2 rings (SSSR count). The molecule has 0 aromatic heterocycles. The van der Waals surface area contributed by atoms with E-state index in [1.165, 1.54) is 6.07 Å². The number of halogens is 2. The van der Waals surface area contributed by atoms with Gasteiger partial charge < -0.3 is 5.32 Å². The van der Waals surface area contributed by atoms with Crippen LogP contribution in [0.2, 0.25) is 0 Å². The summed E-state index contributed by atoms with van der Waals surface area (Å²) in [5.41, 5.74) is 3.39. The molecule has 1 atom stereocenters. The van der Waals surface area contributed by atoms with E-state index in [1.807, 2.05) is 32.0 Å². The van der Waals surface area contributed by atoms with Gasteiger partial charge in [0.2, 0.25) is 5.91 Å². The maximum absolute atomic E-state index is 13.6. The molecule has 0 heterocycles. The normalized spacial score (nSPS) is 12.0. The molecule has 110 valence electrons. The minimum atomic E-state index is -0.477. The van der Waals surface area contributed by atoms with Gasteiger partial charge in [-0.25, -0.2) is 4.39 Å². The highest BCUT2D eigenvalue weighted by molar-refractivity contribution is 9.10. The Kier molecular flexibility index (Phi) is 5.12. The fourth-order valence-electron chi connectivity index (χ4n) is 2.03. The SMILES string of the molecule is Cc1ccc(C)c(NC(=O)C(Br)Cc2ccccc2F)c1. The molecule has 0 bridgehead atoms. The smallest absolute Gasteiger partial charge is 0.238 e. The number of anilines is 1. The van der Waals surface area contributed by atoms with E-state index in [1.54, 1.807) is 18.2 Å². The fraction of sp³-hybridized carbons (Fsp3) is 0.235. The summed E-state index contributed by atoms with van der Waals surface area (Å²) in [5.74, 6) is -0.464. The molecule has 0 radical (unpaired) electrons. The largest absolute Gasteiger partial charge is 0.325 e. The number of carbonyl (C=O) groups excluding carboxylic acids is 1. The van der Waals surface area contributed by atoms with Crippen LogP contribution in [0.5, 0.6) is 0 Å². The topological polar surface area (TPSA) is 29.1 Å². The first-order valence-corrected chi connectivity index (χ1v) is 7.64. The number of hydrogen-bond donors (Lipinski definition) is 1. The van der Waals surface area contributed by atoms with Crippen molar-refractivity contribution in [2.45, 2.75) is 25.1 Å². The summed E-state index contributed by atoms with van der Waals surface area (Å²) in [5, 5.41) is 2.88. The van der Waals surface area contributed by atoms with Crippen LogP contribution in [-0.4, -0.2) is 10.7 Å². The molecule has 2 aromatic rings. The molecule has 2 nitrogen and oxygen atoms in total. The second-order valence-corrected chi connectivity index (χ2v) is 6.18. The second kappa shape index (κ2) is 6.85. The maximum Gasteiger partial charge on any atom is 0.238 e. The van der Waals surface area contributed by atoms with Crippen LogP contribution in [0.4, 0.5) is 10.1 Å². The predicted molar refractivity (Wildman–Crippen MR) is 87.4 cm³/mol. The van der Waals surface area contributed by atoms with Gasteiger partial charge >= 0.3 is 0 Å². The third-order valence-electron chi connectivity index (χ3n) is 3.29. The zero-order chi connectivity index (χ0) is 15.4. The first-order chi connectivity index (χ1) is 9.97. The van der Waals surface area contributed by atoms with Crippen molar-refractivity contribution in [2.24, 2.45) is 0 Å². The van der Waals surface area contributed by atoms with Gasteiger partial charge in [-0.3, -0.25) is 4.79 Å². The lowest BCUT2D eigenvalue weighted by atomic mass is 10.1. The van der Waals surface area contributed by atoms with Crippen molar-refractivity contribution in [2.75, 3.05) is 5.32 Å². The molecule has 0 aliphatic heterocycles. The third-order valence-corrected chi connectivity index (χ3v) is 4.03. The van der Waals surface area contributed by atoms with Crippen molar-refractivity contribution in [3.8, 4) is 0 Å². The molecule has 0 saturated heterocycles. The van der Waals surface area contributed by atoms with Crippen LogP contribution in [0, 0.1) is 19.7 Å². The number of alkyl halides is 1. The summed E-state index contributed by atoms with van der Waals surface area (Å²) in [6.07, 6.45) is 0.309. The first-order valence-electron chi connectivity index (χ1n) is 6.73. The van der Waals surface area contributed by atoms with E-state index in [0.717, 1.165) is 16.8 Å². The Hall–Kier alpha value is -1.68. The lowest BCUT2D eigenvalue weighted by Gasteiger charge is -2.13. The summed E-state index contributed by atoms with van der Waals surface area (Å²) >= 11 is 3.34. The fourth-order valence-corrected chi connectivity index (χ4v) is 2.49. The van der Waals surface area contributed by atoms with Crippen molar-refractivity contribution >= 4 is 27.5 Å². The van der Waals surface area contributed by atoms with E-state index in [4.69, 9.17) is 0 Å². The Bertz CT molecular complexity index is 657. The molecule has 21 heavy (non-hydrogen) atoms. The molecule has 1 amide bonds. The van der Waals surface area contributed by atoms with Gasteiger partial charge in [-0.2, -0.15) is 0 Å². The molecular weight excluding hydrogens is 333 g/mol. The summed E-state index contributed by atoms with van der Waals surface area (Å²) in [7, 11) is 0. The number of nitrogens with one attached hydrogen (secondary N) is 1. The zero-order valence-electron chi connectivity index (χ0n) is 12.0. The Morgan fingerprint density at radius 3 is 2.67 bits per heavy atom. The van der Waals surface area contributed by atoms with Crippen molar-refractivity contribution in [1.82, 2.24) is 0 Å². The summed E-state index contributed by atoms with van der Waals surface area (Å²) in [4.78, 5) is 11.7. The quantitative estimate of drug-likeness (QED) is 0.815. The lowest BCUT2D eigenvalue weighted by Crippen LogP contribution is -2.25. The van der Waals surface area contributed by atoms with Crippen molar-refractivity contribution < 1.29 is 9.18 Å². The van der Waals surface area contributed by atoms with Crippen LogP contribution in [-0.2, 0) is 11.2 Å². The van der Waals surface area contributed by atoms with Crippen molar-refractivity contribution in [3.63, 3.8) is 0 Å². The zero-order valence-corrected chi connectivity index (χ0v) is 13.6. The number of amides is 1. The Morgan fingerprint density at radius 2 is 1.95 bits per heavy atom. The lowest BCUT2D eigenvalue weighted by molar-refractivity contribution is -0.115. The van der Waals surface area contributed by atoms with E-state index in [0.29, 0.717) is 12.0 Å². The Balaban J connectivity index is 2.06. The molecule has 0 spiro atoms. The number of carbonyl (C=O) groups is 1. The van der Waals surface area contributed by atoms with Crippen LogP contribution in [0.25, 0.3) is 0 Å². The van der Waals surface area contributed by atoms with Gasteiger partial charge in [0.25, 0.3) is 0 Å². The van der Waals surface area contributed by atoms with Crippen LogP contribution in [0.3, 0.4) is 0 Å². The van der Waals surface area contributed by atoms with Crippen LogP contribution < -0.4 is 5.32 Å². The minimum Gasteiger partial charge on any atom is -0.325 e. The van der Waals surface area contributed by atoms with Gasteiger partial charge in [-0.15, -0.1) is 0 Å². The van der Waals surface area contributed by atoms with Gasteiger partial charge in [0, 0.05) is 5.69 Å². The van der Waals surface area contributed by atoms with E-state index < -0.39 is 4.83 Å². The molecular formula is C17H17BrFNO. The van der Waals surface area contributed by atoms with Crippen molar-refractivity contribution in [1.29, 1.82) is 0 Å². The van der Waals surface area contributed by atoms with Gasteiger partial charge in [0.05, 0.1) is 4.83 Å². The van der Waals surface area contributed by atoms with Crippen LogP contribution in [0.1, 0.15) is 16.7 Å². The molecule has 1 unspecified atom stereocenters. The number of rotatable bonds is 4. The minimum absolute atomic E-state index is 0.174. The van der Waals surface area contributed by atoms with Crippen LogP contribution in [0.15, 0.2) is 42.5 Å². The highest BCUT2D eigenvalue weighted by Crippen LogP contribution is 2.19. The van der Waals surface area contributed by atoms with Gasteiger partial charge in [0.15, 0.2) is 0 Å². The molecule has 0 saturated carbocycles. The van der Waals surface area contributed by atoms with E-state index in [2.05, 4.69) is 21.2 Å². The Labute approximate surface area is 132 Å². The third kappa shape index (κ3) is 4.14. The average Bonchev–Trinajstić information content (AvgIpc) is 2.45. The van der Waals surface area contributed by atoms with Crippen molar-refractivity contribution in [3.05, 3.63) is 65.0 Å². The second-order valence-electron chi connectivity index (χ2n) is 5.07. The molecule has 1 N–H and O–H groups in total. The van der Waals surface area contributed by atoms with Crippen LogP contribution >= 0.6 is 15.9 Å². The van der Waals surface area contributed by atoms with E-state index in [9.17, 15) is 9.18 Å². The highest BCUT2D eigenvalue weighted by atomic mass is 79.9. The van der Waals surface area contributed by atoms with E-state index >= 15 is 0 Å². The predicted octanol–water partition coefficient (Wildman–Crippen LogP) is 4.39. The Morgan fingerprint density at radius 1 is 1.24 bits per heavy atom. The standard InChI is InChI=1S/C17H17BrFNO/c1-11-7-8-12(2)16(9-11)20-17(21)14(18)10-13-5-3-4-6-15(13)19/h3-9,14H,10H2,1-2H3,(H,20,21). The van der Waals surface area contributed by atoms with E-state index in [-0.39, 0.29) is 11.7 Å². The maximum atomic E-state index is 13.6. The molecule has 0 fully saturated rings. The molecule has 0 aliphatic carbocycles. The summed E-state index contributed by atoms with van der Waals surface area (Å²) in [6, 6.07) is 12.4. The summed E-state index contributed by atoms with van der Waals surface area (Å²) in [6.45, 7) is 3.91. The van der Waals surface area contributed by atoms with Gasteiger partial charge in [-0.1, -0.05) is 46.3 Å². The van der Waals surface area contributed by atoms with Gasteiger partial charge in [0.1, 0.15) is 5.82 Å². The average molecular weight is 350 g/mol. The van der Waals surface area contributed by atoms with Gasteiger partial charge in [-0.05, 0) is 49.1 Å². The monoisotopic (exact) mass is 349 g/mol. The molecule has 2 aromatic carbocycles. The number of aryl methyl sites for hydroxylation is 2. The molecule has 0 aliphatic rings. The number of hydrogen-bond acceptors (Lipinski definition) is 1.